The van der Waals surface area contributed by atoms with E-state index in [0.29, 0.717) is 12.2 Å². The second-order valence-corrected chi connectivity index (χ2v) is 4.43. The van der Waals surface area contributed by atoms with Crippen molar-refractivity contribution in [3.05, 3.63) is 40.4 Å². The van der Waals surface area contributed by atoms with Gasteiger partial charge in [0.05, 0.1) is 11.9 Å². The first-order chi connectivity index (χ1) is 8.22. The second kappa shape index (κ2) is 5.37. The third-order valence-corrected chi connectivity index (χ3v) is 2.81. The minimum absolute atomic E-state index is 0.323. The molecule has 0 aliphatic rings. The van der Waals surface area contributed by atoms with Crippen molar-refractivity contribution in [2.75, 3.05) is 6.54 Å². The quantitative estimate of drug-likeness (QED) is 0.942. The van der Waals surface area contributed by atoms with Crippen molar-refractivity contribution < 1.29 is 4.39 Å². The molecule has 2 aromatic rings. The van der Waals surface area contributed by atoms with E-state index in [9.17, 15) is 4.39 Å². The van der Waals surface area contributed by atoms with Crippen LogP contribution in [0, 0.1) is 5.82 Å². The van der Waals surface area contributed by atoms with Gasteiger partial charge in [0, 0.05) is 11.0 Å². The van der Waals surface area contributed by atoms with Crippen LogP contribution in [0.4, 0.5) is 4.39 Å². The molecule has 0 fully saturated rings. The summed E-state index contributed by atoms with van der Waals surface area (Å²) in [5.74, 6) is -0.323. The Morgan fingerprint density at radius 1 is 1.47 bits per heavy atom. The van der Waals surface area contributed by atoms with E-state index in [2.05, 4.69) is 31.6 Å². The van der Waals surface area contributed by atoms with Gasteiger partial charge in [-0.1, -0.05) is 28.1 Å². The fraction of sp³-hybridized carbons (Fsp3) is 0.273. The maximum absolute atomic E-state index is 13.7. The summed E-state index contributed by atoms with van der Waals surface area (Å²) in [5, 5.41) is 10.9. The average molecular weight is 299 g/mol. The Hall–Kier alpha value is -1.27. The number of aromatic nitrogens is 3. The molecule has 0 bridgehead atoms. The molecule has 0 saturated heterocycles. The average Bonchev–Trinajstić information content (AvgIpc) is 2.77. The molecular formula is C11H12BrFN4. The SMILES string of the molecule is CCNCc1cnnn1-c1cc(Br)ccc1F. The van der Waals surface area contributed by atoms with Gasteiger partial charge in [-0.3, -0.25) is 0 Å². The van der Waals surface area contributed by atoms with Crippen molar-refractivity contribution in [3.8, 4) is 5.69 Å². The highest BCUT2D eigenvalue weighted by Gasteiger charge is 2.10. The molecule has 2 rings (SSSR count). The van der Waals surface area contributed by atoms with Gasteiger partial charge >= 0.3 is 0 Å². The highest BCUT2D eigenvalue weighted by atomic mass is 79.9. The molecule has 4 nitrogen and oxygen atoms in total. The number of hydrogen-bond donors (Lipinski definition) is 1. The van der Waals surface area contributed by atoms with Gasteiger partial charge in [-0.15, -0.1) is 5.10 Å². The largest absolute Gasteiger partial charge is 0.311 e. The summed E-state index contributed by atoms with van der Waals surface area (Å²) in [6.07, 6.45) is 1.63. The summed E-state index contributed by atoms with van der Waals surface area (Å²) in [7, 11) is 0. The molecule has 0 saturated carbocycles. The number of nitrogens with one attached hydrogen (secondary N) is 1. The summed E-state index contributed by atoms with van der Waals surface area (Å²) < 4.78 is 16.0. The fourth-order valence-electron chi connectivity index (χ4n) is 1.48. The first-order valence-corrected chi connectivity index (χ1v) is 6.07. The molecule has 1 N–H and O–H groups in total. The molecule has 6 heteroatoms. The predicted molar refractivity (Wildman–Crippen MR) is 66.4 cm³/mol. The van der Waals surface area contributed by atoms with Gasteiger partial charge in [-0.2, -0.15) is 0 Å². The summed E-state index contributed by atoms with van der Waals surface area (Å²) >= 11 is 3.32. The smallest absolute Gasteiger partial charge is 0.149 e. The summed E-state index contributed by atoms with van der Waals surface area (Å²) in [6.45, 7) is 3.45. The van der Waals surface area contributed by atoms with Gasteiger partial charge in [-0.05, 0) is 24.7 Å². The predicted octanol–water partition coefficient (Wildman–Crippen LogP) is 2.28. The highest BCUT2D eigenvalue weighted by molar-refractivity contribution is 9.10. The van der Waals surface area contributed by atoms with Crippen molar-refractivity contribution in [1.82, 2.24) is 20.3 Å². The van der Waals surface area contributed by atoms with Crippen molar-refractivity contribution in [2.24, 2.45) is 0 Å². The molecule has 0 spiro atoms. The van der Waals surface area contributed by atoms with Crippen LogP contribution in [0.5, 0.6) is 0 Å². The maximum atomic E-state index is 13.7. The van der Waals surface area contributed by atoms with E-state index in [-0.39, 0.29) is 5.82 Å². The summed E-state index contributed by atoms with van der Waals surface area (Å²) in [5.41, 5.74) is 1.22. The molecule has 90 valence electrons. The zero-order valence-electron chi connectivity index (χ0n) is 9.32. The number of rotatable bonds is 4. The fourth-order valence-corrected chi connectivity index (χ4v) is 1.83. The minimum Gasteiger partial charge on any atom is -0.311 e. The van der Waals surface area contributed by atoms with E-state index in [1.807, 2.05) is 6.92 Å². The first kappa shape index (κ1) is 12.2. The molecule has 0 aliphatic heterocycles. The van der Waals surface area contributed by atoms with Crippen LogP contribution in [-0.2, 0) is 6.54 Å². The van der Waals surface area contributed by atoms with Crippen molar-refractivity contribution >= 4 is 15.9 Å². The molecular weight excluding hydrogens is 287 g/mol. The van der Waals surface area contributed by atoms with Crippen LogP contribution in [0.2, 0.25) is 0 Å². The minimum atomic E-state index is -0.323. The third-order valence-electron chi connectivity index (χ3n) is 2.31. The van der Waals surface area contributed by atoms with E-state index in [0.717, 1.165) is 16.7 Å². The lowest BCUT2D eigenvalue weighted by Crippen LogP contribution is -2.15. The molecule has 1 aromatic carbocycles. The van der Waals surface area contributed by atoms with Crippen LogP contribution in [0.3, 0.4) is 0 Å². The van der Waals surface area contributed by atoms with Gasteiger partial charge in [0.1, 0.15) is 11.5 Å². The van der Waals surface area contributed by atoms with Gasteiger partial charge in [0.15, 0.2) is 0 Å². The third kappa shape index (κ3) is 2.70. The number of benzene rings is 1. The zero-order chi connectivity index (χ0) is 12.3. The molecule has 1 heterocycles. The van der Waals surface area contributed by atoms with Crippen molar-refractivity contribution in [2.45, 2.75) is 13.5 Å². The van der Waals surface area contributed by atoms with Gasteiger partial charge in [0.25, 0.3) is 0 Å². The topological polar surface area (TPSA) is 42.7 Å². The van der Waals surface area contributed by atoms with E-state index < -0.39 is 0 Å². The van der Waals surface area contributed by atoms with E-state index >= 15 is 0 Å². The first-order valence-electron chi connectivity index (χ1n) is 5.28. The molecule has 0 aliphatic carbocycles. The number of hydrogen-bond acceptors (Lipinski definition) is 3. The van der Waals surface area contributed by atoms with Crippen molar-refractivity contribution in [1.29, 1.82) is 0 Å². The van der Waals surface area contributed by atoms with Crippen LogP contribution < -0.4 is 5.32 Å². The van der Waals surface area contributed by atoms with Crippen LogP contribution in [-0.4, -0.2) is 21.5 Å². The van der Waals surface area contributed by atoms with Gasteiger partial charge < -0.3 is 5.32 Å². The van der Waals surface area contributed by atoms with Crippen LogP contribution in [0.25, 0.3) is 5.69 Å². The molecule has 0 unspecified atom stereocenters. The van der Waals surface area contributed by atoms with Crippen LogP contribution in [0.1, 0.15) is 12.6 Å². The summed E-state index contributed by atoms with van der Waals surface area (Å²) in [6, 6.07) is 4.73. The normalized spacial score (nSPS) is 10.8. The number of nitrogens with zero attached hydrogens (tertiary/aromatic N) is 3. The Morgan fingerprint density at radius 2 is 2.29 bits per heavy atom. The summed E-state index contributed by atoms with van der Waals surface area (Å²) in [4.78, 5) is 0. The van der Waals surface area contributed by atoms with Crippen LogP contribution >= 0.6 is 15.9 Å². The molecule has 17 heavy (non-hydrogen) atoms. The zero-order valence-corrected chi connectivity index (χ0v) is 10.9. The number of halogens is 2. The Balaban J connectivity index is 2.38. The maximum Gasteiger partial charge on any atom is 0.149 e. The molecule has 0 atom stereocenters. The Morgan fingerprint density at radius 3 is 3.06 bits per heavy atom. The van der Waals surface area contributed by atoms with Crippen LogP contribution in [0.15, 0.2) is 28.9 Å². The van der Waals surface area contributed by atoms with E-state index in [1.165, 1.54) is 10.7 Å². The lowest BCUT2D eigenvalue weighted by molar-refractivity contribution is 0.595. The molecule has 1 aromatic heterocycles. The molecule has 0 radical (unpaired) electrons. The second-order valence-electron chi connectivity index (χ2n) is 3.51. The lowest BCUT2D eigenvalue weighted by Gasteiger charge is -2.07. The van der Waals surface area contributed by atoms with E-state index in [4.69, 9.17) is 0 Å². The standard InChI is InChI=1S/C11H12BrFN4/c1-2-14-6-9-7-15-16-17(9)11-5-8(12)3-4-10(11)13/h3-5,7,14H,2,6H2,1H3. The lowest BCUT2D eigenvalue weighted by atomic mass is 10.3. The Labute approximate surface area is 107 Å². The Bertz CT molecular complexity index is 512. The monoisotopic (exact) mass is 298 g/mol. The van der Waals surface area contributed by atoms with Gasteiger partial charge in [0.2, 0.25) is 0 Å². The van der Waals surface area contributed by atoms with Gasteiger partial charge in [-0.25, -0.2) is 9.07 Å². The van der Waals surface area contributed by atoms with E-state index in [1.54, 1.807) is 18.3 Å². The molecule has 0 amide bonds. The van der Waals surface area contributed by atoms with Crippen molar-refractivity contribution in [3.63, 3.8) is 0 Å². The highest BCUT2D eigenvalue weighted by Crippen LogP contribution is 2.19. The Kier molecular flexibility index (Phi) is 3.86.